The molecule has 2 aromatic rings. The van der Waals surface area contributed by atoms with Gasteiger partial charge in [0.15, 0.2) is 23.2 Å². The molecule has 3 rings (SSSR count). The third-order valence-electron chi connectivity index (χ3n) is 4.64. The van der Waals surface area contributed by atoms with Gasteiger partial charge in [0.05, 0.1) is 11.3 Å². The average molecular weight is 464 g/mol. The summed E-state index contributed by atoms with van der Waals surface area (Å²) in [6.07, 6.45) is -0.912. The Morgan fingerprint density at radius 3 is 2.22 bits per heavy atom. The molecular weight excluding hydrogens is 443 g/mol. The first-order chi connectivity index (χ1) is 15.1. The van der Waals surface area contributed by atoms with Crippen molar-refractivity contribution in [2.24, 2.45) is 0 Å². The van der Waals surface area contributed by atoms with E-state index < -0.39 is 47.1 Å². The maximum Gasteiger partial charge on any atom is 0.303 e. The van der Waals surface area contributed by atoms with Gasteiger partial charge in [0.1, 0.15) is 0 Å². The molecule has 0 saturated carbocycles. The lowest BCUT2D eigenvalue weighted by Gasteiger charge is -2.45. The number of carbonyl (C=O) groups is 3. The van der Waals surface area contributed by atoms with E-state index in [1.165, 1.54) is 31.5 Å². The van der Waals surface area contributed by atoms with Gasteiger partial charge in [0.25, 0.3) is 0 Å². The number of aliphatic hydroxyl groups is 1. The van der Waals surface area contributed by atoms with Crippen molar-refractivity contribution in [3.05, 3.63) is 48.2 Å². The summed E-state index contributed by atoms with van der Waals surface area (Å²) in [4.78, 5) is 40.7. The van der Waals surface area contributed by atoms with E-state index >= 15 is 4.39 Å². The molecule has 2 aromatic heterocycles. The van der Waals surface area contributed by atoms with E-state index in [9.17, 15) is 19.5 Å². The molecule has 0 radical (unpaired) electrons. The van der Waals surface area contributed by atoms with Crippen molar-refractivity contribution < 1.29 is 38.1 Å². The number of ether oxygens (including phenoxy) is 3. The minimum Gasteiger partial charge on any atom is -0.458 e. The molecule has 1 N–H and O–H groups in total. The second-order valence-electron chi connectivity index (χ2n) is 7.03. The summed E-state index contributed by atoms with van der Waals surface area (Å²) >= 11 is 0.785. The number of nitrogens with zero attached hydrogens (tertiary/aromatic N) is 2. The molecular formula is C21H21FN2O7S. The summed E-state index contributed by atoms with van der Waals surface area (Å²) in [5, 5.41) is 11.5. The normalized spacial score (nSPS) is 25.0. The lowest BCUT2D eigenvalue weighted by atomic mass is 9.95. The van der Waals surface area contributed by atoms with Crippen molar-refractivity contribution in [3.63, 3.8) is 0 Å². The van der Waals surface area contributed by atoms with Gasteiger partial charge < -0.3 is 19.3 Å². The molecule has 1 saturated heterocycles. The molecule has 0 aromatic carbocycles. The molecule has 170 valence electrons. The van der Waals surface area contributed by atoms with Gasteiger partial charge in [-0.1, -0.05) is 0 Å². The molecule has 9 nitrogen and oxygen atoms in total. The molecule has 0 unspecified atom stereocenters. The van der Waals surface area contributed by atoms with Crippen LogP contribution in [0.1, 0.15) is 26.3 Å². The van der Waals surface area contributed by atoms with Crippen molar-refractivity contribution in [1.82, 2.24) is 9.97 Å². The quantitative estimate of drug-likeness (QED) is 0.399. The number of aromatic nitrogens is 2. The van der Waals surface area contributed by atoms with Crippen LogP contribution in [0, 0.1) is 5.95 Å². The van der Waals surface area contributed by atoms with E-state index in [2.05, 4.69) is 9.97 Å². The molecule has 32 heavy (non-hydrogen) atoms. The first kappa shape index (κ1) is 23.6. The van der Waals surface area contributed by atoms with Gasteiger partial charge in [0, 0.05) is 44.5 Å². The fourth-order valence-corrected chi connectivity index (χ4v) is 4.72. The predicted molar refractivity (Wildman–Crippen MR) is 110 cm³/mol. The van der Waals surface area contributed by atoms with E-state index in [4.69, 9.17) is 14.2 Å². The SMILES string of the molecule is CC(=O)O[C@@H]1[C@@H](OC(C)=O)[C@@](O)(c2ccc(-c3ccncc3)nc2F)SC[C@H]1OC(C)=O. The first-order valence-electron chi connectivity index (χ1n) is 9.57. The monoisotopic (exact) mass is 464 g/mol. The average Bonchev–Trinajstić information content (AvgIpc) is 2.72. The Hall–Kier alpha value is -3.05. The van der Waals surface area contributed by atoms with Crippen molar-refractivity contribution >= 4 is 29.7 Å². The highest BCUT2D eigenvalue weighted by Crippen LogP contribution is 2.47. The number of esters is 3. The van der Waals surface area contributed by atoms with Crippen LogP contribution in [0.3, 0.4) is 0 Å². The Balaban J connectivity index is 2.05. The highest BCUT2D eigenvalue weighted by atomic mass is 32.2. The Morgan fingerprint density at radius 1 is 1.03 bits per heavy atom. The van der Waals surface area contributed by atoms with Gasteiger partial charge in [-0.05, 0) is 24.3 Å². The molecule has 0 amide bonds. The second kappa shape index (κ2) is 9.61. The van der Waals surface area contributed by atoms with Gasteiger partial charge in [-0.2, -0.15) is 4.39 Å². The van der Waals surface area contributed by atoms with Crippen LogP contribution in [-0.4, -0.2) is 57.0 Å². The van der Waals surface area contributed by atoms with Crippen molar-refractivity contribution in [2.75, 3.05) is 5.75 Å². The zero-order valence-corrected chi connectivity index (χ0v) is 18.3. The molecule has 1 aliphatic rings. The van der Waals surface area contributed by atoms with Gasteiger partial charge in [-0.3, -0.25) is 19.4 Å². The minimum atomic E-state index is -2.17. The second-order valence-corrected chi connectivity index (χ2v) is 8.27. The summed E-state index contributed by atoms with van der Waals surface area (Å²) in [5.74, 6) is -3.29. The number of hydrogen-bond acceptors (Lipinski definition) is 10. The first-order valence-corrected chi connectivity index (χ1v) is 10.6. The van der Waals surface area contributed by atoms with Crippen LogP contribution < -0.4 is 0 Å². The molecule has 0 bridgehead atoms. The number of carbonyl (C=O) groups excluding carboxylic acids is 3. The topological polar surface area (TPSA) is 125 Å². The van der Waals surface area contributed by atoms with Crippen molar-refractivity contribution in [1.29, 1.82) is 0 Å². The smallest absolute Gasteiger partial charge is 0.303 e. The standard InChI is InChI=1S/C21H21FN2O7S/c1-11(25)29-17-10-32-21(28,19(31-13(3)27)18(17)30-12(2)26)15-4-5-16(24-20(15)22)14-6-8-23-9-7-14/h4-9,17-19,28H,10H2,1-3H3/t17-,18+,19-,21-/m1/s1. The fourth-order valence-electron chi connectivity index (χ4n) is 3.39. The zero-order valence-electron chi connectivity index (χ0n) is 17.5. The largest absolute Gasteiger partial charge is 0.458 e. The molecule has 3 heterocycles. The van der Waals surface area contributed by atoms with Crippen molar-refractivity contribution in [3.8, 4) is 11.3 Å². The lowest BCUT2D eigenvalue weighted by Crippen LogP contribution is -2.59. The van der Waals surface area contributed by atoms with E-state index in [0.29, 0.717) is 11.3 Å². The van der Waals surface area contributed by atoms with Gasteiger partial charge in [-0.25, -0.2) is 4.98 Å². The van der Waals surface area contributed by atoms with E-state index in [0.717, 1.165) is 25.6 Å². The third-order valence-corrected chi connectivity index (χ3v) is 6.03. The molecule has 1 aliphatic heterocycles. The molecule has 1 fully saturated rings. The summed E-state index contributed by atoms with van der Waals surface area (Å²) in [5.41, 5.74) is 0.638. The van der Waals surface area contributed by atoms with Crippen LogP contribution in [0.5, 0.6) is 0 Å². The Labute approximate surface area is 187 Å². The summed E-state index contributed by atoms with van der Waals surface area (Å²) in [7, 11) is 0. The van der Waals surface area contributed by atoms with E-state index in [1.807, 2.05) is 0 Å². The van der Waals surface area contributed by atoms with Gasteiger partial charge >= 0.3 is 17.9 Å². The Kier molecular flexibility index (Phi) is 7.09. The summed E-state index contributed by atoms with van der Waals surface area (Å²) < 4.78 is 30.9. The van der Waals surface area contributed by atoms with E-state index in [1.54, 1.807) is 12.1 Å². The number of halogens is 1. The number of hydrogen-bond donors (Lipinski definition) is 1. The maximum absolute atomic E-state index is 15.1. The lowest BCUT2D eigenvalue weighted by molar-refractivity contribution is -0.198. The van der Waals surface area contributed by atoms with E-state index in [-0.39, 0.29) is 11.3 Å². The number of rotatable bonds is 5. The molecule has 0 aliphatic carbocycles. The summed E-state index contributed by atoms with van der Waals surface area (Å²) in [6.45, 7) is 3.37. The summed E-state index contributed by atoms with van der Waals surface area (Å²) in [6, 6.07) is 6.11. The van der Waals surface area contributed by atoms with Crippen LogP contribution in [-0.2, 0) is 33.5 Å². The third kappa shape index (κ3) is 5.05. The van der Waals surface area contributed by atoms with Crippen molar-refractivity contribution in [2.45, 2.75) is 44.0 Å². The molecule has 11 heteroatoms. The van der Waals surface area contributed by atoms with Gasteiger partial charge in [0.2, 0.25) is 5.95 Å². The van der Waals surface area contributed by atoms with Crippen LogP contribution >= 0.6 is 11.8 Å². The van der Waals surface area contributed by atoms with Gasteiger partial charge in [-0.15, -0.1) is 11.8 Å². The minimum absolute atomic E-state index is 0.0582. The van der Waals surface area contributed by atoms with Crippen LogP contribution in [0.25, 0.3) is 11.3 Å². The highest BCUT2D eigenvalue weighted by molar-refractivity contribution is 8.00. The zero-order chi connectivity index (χ0) is 23.5. The predicted octanol–water partition coefficient (Wildman–Crippen LogP) is 1.97. The molecule has 4 atom stereocenters. The van der Waals surface area contributed by atoms with Crippen LogP contribution in [0.2, 0.25) is 0 Å². The maximum atomic E-state index is 15.1. The van der Waals surface area contributed by atoms with Crippen LogP contribution in [0.4, 0.5) is 4.39 Å². The Morgan fingerprint density at radius 2 is 1.66 bits per heavy atom. The Bertz CT molecular complexity index is 1020. The highest BCUT2D eigenvalue weighted by Gasteiger charge is 2.56. The number of thioether (sulfide) groups is 1. The number of pyridine rings is 2. The molecule has 0 spiro atoms. The fraction of sp³-hybridized carbons (Fsp3) is 0.381. The van der Waals surface area contributed by atoms with Crippen LogP contribution in [0.15, 0.2) is 36.7 Å².